The van der Waals surface area contributed by atoms with E-state index in [1.165, 1.54) is 25.5 Å². The van der Waals surface area contributed by atoms with Gasteiger partial charge in [0, 0.05) is 20.1 Å². The van der Waals surface area contributed by atoms with Gasteiger partial charge < -0.3 is 20.7 Å². The van der Waals surface area contributed by atoms with E-state index in [4.69, 9.17) is 10.5 Å². The number of ether oxygens (including phenoxy) is 1. The summed E-state index contributed by atoms with van der Waals surface area (Å²) in [5, 5.41) is 3.27. The van der Waals surface area contributed by atoms with Crippen LogP contribution in [0.25, 0.3) is 0 Å². The molecule has 6 nitrogen and oxygen atoms in total. The van der Waals surface area contributed by atoms with Crippen molar-refractivity contribution in [3.63, 3.8) is 0 Å². The van der Waals surface area contributed by atoms with Crippen molar-refractivity contribution in [3.8, 4) is 0 Å². The summed E-state index contributed by atoms with van der Waals surface area (Å²) in [7, 11) is 2.86. The number of carbonyl (C=O) groups excluding carboxylic acids is 2. The summed E-state index contributed by atoms with van der Waals surface area (Å²) in [6.07, 6.45) is 1.03. The van der Waals surface area contributed by atoms with Gasteiger partial charge in [0.2, 0.25) is 0 Å². The van der Waals surface area contributed by atoms with Crippen molar-refractivity contribution < 1.29 is 14.3 Å². The fourth-order valence-electron chi connectivity index (χ4n) is 2.52. The first kappa shape index (κ1) is 15.6. The smallest absolute Gasteiger partial charge is 0.343 e. The number of anilines is 2. The Kier molecular flexibility index (Phi) is 4.13. The molecule has 3 N–H and O–H groups in total. The number of nitrogens with zero attached hydrogens (tertiary/aromatic N) is 1. The number of methoxy groups -OCH3 is 1. The van der Waals surface area contributed by atoms with E-state index in [2.05, 4.69) is 24.1 Å². The summed E-state index contributed by atoms with van der Waals surface area (Å²) in [6.45, 7) is 6.02. The van der Waals surface area contributed by atoms with Crippen LogP contribution in [0.15, 0.2) is 0 Å². The molecule has 116 valence electrons. The number of hydrogen-bond acceptors (Lipinski definition) is 6. The third-order valence-electron chi connectivity index (χ3n) is 3.71. The Morgan fingerprint density at radius 2 is 2.10 bits per heavy atom. The van der Waals surface area contributed by atoms with Crippen LogP contribution in [-0.2, 0) is 4.74 Å². The average molecular weight is 311 g/mol. The third-order valence-corrected chi connectivity index (χ3v) is 4.98. The van der Waals surface area contributed by atoms with Crippen LogP contribution in [0.4, 0.5) is 10.7 Å². The fraction of sp³-hybridized carbons (Fsp3) is 0.571. The average Bonchev–Trinajstić information content (AvgIpc) is 2.97. The highest BCUT2D eigenvalue weighted by Crippen LogP contribution is 2.42. The normalized spacial score (nSPS) is 16.9. The molecular weight excluding hydrogens is 290 g/mol. The van der Waals surface area contributed by atoms with Gasteiger partial charge in [0.05, 0.1) is 12.8 Å². The lowest BCUT2D eigenvalue weighted by atomic mass is 9.93. The molecule has 21 heavy (non-hydrogen) atoms. The number of nitrogens with one attached hydrogen (secondary N) is 1. The molecule has 0 bridgehead atoms. The second-order valence-electron chi connectivity index (χ2n) is 5.93. The number of rotatable bonds is 3. The topological polar surface area (TPSA) is 84.7 Å². The highest BCUT2D eigenvalue weighted by Gasteiger charge is 2.35. The Balaban J connectivity index is 2.49. The Bertz CT molecular complexity index is 580. The predicted molar refractivity (Wildman–Crippen MR) is 84.1 cm³/mol. The Hall–Kier alpha value is -1.76. The molecule has 0 aromatic carbocycles. The summed E-state index contributed by atoms with van der Waals surface area (Å²) in [6, 6.07) is 0. The number of amides is 1. The maximum Gasteiger partial charge on any atom is 0.343 e. The van der Waals surface area contributed by atoms with Gasteiger partial charge in [-0.15, -0.1) is 11.3 Å². The molecule has 0 atom stereocenters. The summed E-state index contributed by atoms with van der Waals surface area (Å²) in [5.74, 6) is -0.786. The van der Waals surface area contributed by atoms with Crippen molar-refractivity contribution in [2.24, 2.45) is 5.41 Å². The van der Waals surface area contributed by atoms with Crippen LogP contribution in [-0.4, -0.2) is 39.1 Å². The maximum absolute atomic E-state index is 12.0. The zero-order valence-corrected chi connectivity index (χ0v) is 13.6. The number of nitrogens with two attached hydrogens (primary N) is 1. The Morgan fingerprint density at radius 3 is 2.57 bits per heavy atom. The van der Waals surface area contributed by atoms with Gasteiger partial charge in [0.15, 0.2) is 0 Å². The summed E-state index contributed by atoms with van der Waals surface area (Å²) >= 11 is 1.25. The standard InChI is InChI=1S/C14H21N3O3S/c1-14(2)5-6-17(7-14)12-8(13(19)20-4)9(15)10(21-12)11(18)16-3/h5-7,15H2,1-4H3,(H,16,18). The molecule has 7 heteroatoms. The lowest BCUT2D eigenvalue weighted by molar-refractivity contribution is 0.0603. The molecule has 0 saturated carbocycles. The van der Waals surface area contributed by atoms with Gasteiger partial charge in [-0.05, 0) is 11.8 Å². The molecule has 2 heterocycles. The number of thiophene rings is 1. The van der Waals surface area contributed by atoms with E-state index in [9.17, 15) is 9.59 Å². The summed E-state index contributed by atoms with van der Waals surface area (Å²) < 4.78 is 4.83. The van der Waals surface area contributed by atoms with Crippen LogP contribution >= 0.6 is 11.3 Å². The lowest BCUT2D eigenvalue weighted by Gasteiger charge is -2.21. The van der Waals surface area contributed by atoms with E-state index in [0.717, 1.165) is 24.5 Å². The number of esters is 1. The van der Waals surface area contributed by atoms with E-state index < -0.39 is 5.97 Å². The molecule has 0 spiro atoms. The lowest BCUT2D eigenvalue weighted by Crippen LogP contribution is -2.23. The minimum atomic E-state index is -0.501. The molecule has 1 aromatic rings. The monoisotopic (exact) mass is 311 g/mol. The SMILES string of the molecule is CNC(=O)c1sc(N2CCC(C)(C)C2)c(C(=O)OC)c1N. The molecule has 1 aliphatic heterocycles. The van der Waals surface area contributed by atoms with E-state index in [1.54, 1.807) is 0 Å². The molecule has 1 amide bonds. The van der Waals surface area contributed by atoms with E-state index in [0.29, 0.717) is 10.4 Å². The molecule has 1 aliphatic rings. The molecule has 2 rings (SSSR count). The Labute approximate surface area is 128 Å². The molecule has 0 unspecified atom stereocenters. The van der Waals surface area contributed by atoms with Crippen molar-refractivity contribution in [1.29, 1.82) is 0 Å². The van der Waals surface area contributed by atoms with Gasteiger partial charge >= 0.3 is 5.97 Å². The van der Waals surface area contributed by atoms with E-state index >= 15 is 0 Å². The van der Waals surface area contributed by atoms with Crippen LogP contribution in [0, 0.1) is 5.41 Å². The first-order chi connectivity index (χ1) is 9.80. The minimum absolute atomic E-state index is 0.180. The van der Waals surface area contributed by atoms with Crippen LogP contribution in [0.3, 0.4) is 0 Å². The van der Waals surface area contributed by atoms with Crippen LogP contribution in [0.5, 0.6) is 0 Å². The van der Waals surface area contributed by atoms with Gasteiger partial charge in [0.25, 0.3) is 5.91 Å². The van der Waals surface area contributed by atoms with Gasteiger partial charge in [-0.2, -0.15) is 0 Å². The predicted octanol–water partition coefficient (Wildman–Crippen LogP) is 1.71. The summed E-state index contributed by atoms with van der Waals surface area (Å²) in [5.41, 5.74) is 6.70. The zero-order valence-electron chi connectivity index (χ0n) is 12.8. The third kappa shape index (κ3) is 2.83. The van der Waals surface area contributed by atoms with Gasteiger partial charge in [-0.1, -0.05) is 13.8 Å². The van der Waals surface area contributed by atoms with Crippen LogP contribution < -0.4 is 16.0 Å². The second kappa shape index (κ2) is 5.55. The first-order valence-electron chi connectivity index (χ1n) is 6.78. The zero-order chi connectivity index (χ0) is 15.8. The van der Waals surface area contributed by atoms with E-state index in [-0.39, 0.29) is 17.0 Å². The number of hydrogen-bond donors (Lipinski definition) is 2. The maximum atomic E-state index is 12.0. The van der Waals surface area contributed by atoms with Crippen molar-refractivity contribution in [2.45, 2.75) is 20.3 Å². The second-order valence-corrected chi connectivity index (χ2v) is 6.93. The van der Waals surface area contributed by atoms with Crippen molar-refractivity contribution in [2.75, 3.05) is 37.9 Å². The molecule has 0 radical (unpaired) electrons. The molecule has 1 saturated heterocycles. The number of nitrogen functional groups attached to an aromatic ring is 1. The number of carbonyl (C=O) groups is 2. The molecule has 1 aromatic heterocycles. The molecule has 0 aliphatic carbocycles. The Morgan fingerprint density at radius 1 is 1.43 bits per heavy atom. The first-order valence-corrected chi connectivity index (χ1v) is 7.60. The summed E-state index contributed by atoms with van der Waals surface area (Å²) in [4.78, 5) is 26.4. The molecular formula is C14H21N3O3S. The van der Waals surface area contributed by atoms with Crippen molar-refractivity contribution in [3.05, 3.63) is 10.4 Å². The van der Waals surface area contributed by atoms with Crippen LogP contribution in [0.1, 0.15) is 40.3 Å². The minimum Gasteiger partial charge on any atom is -0.465 e. The van der Waals surface area contributed by atoms with Gasteiger partial charge in [0.1, 0.15) is 15.4 Å². The van der Waals surface area contributed by atoms with Crippen molar-refractivity contribution in [1.82, 2.24) is 5.32 Å². The van der Waals surface area contributed by atoms with Gasteiger partial charge in [-0.3, -0.25) is 4.79 Å². The quantitative estimate of drug-likeness (QED) is 0.830. The molecule has 1 fully saturated rings. The van der Waals surface area contributed by atoms with E-state index in [1.807, 2.05) is 0 Å². The van der Waals surface area contributed by atoms with Gasteiger partial charge in [-0.25, -0.2) is 4.79 Å². The highest BCUT2D eigenvalue weighted by atomic mass is 32.1. The highest BCUT2D eigenvalue weighted by molar-refractivity contribution is 7.19. The van der Waals surface area contributed by atoms with Crippen molar-refractivity contribution >= 4 is 33.9 Å². The largest absolute Gasteiger partial charge is 0.465 e. The fourth-order valence-corrected chi connectivity index (χ4v) is 3.70. The van der Waals surface area contributed by atoms with Crippen LogP contribution in [0.2, 0.25) is 0 Å².